The van der Waals surface area contributed by atoms with E-state index in [0.717, 1.165) is 11.3 Å². The van der Waals surface area contributed by atoms with Gasteiger partial charge in [-0.3, -0.25) is 14.2 Å². The number of sulfonamides is 1. The molecule has 0 saturated carbocycles. The molecule has 0 spiro atoms. The molecule has 1 heterocycles. The molecule has 0 aliphatic carbocycles. The molecule has 0 radical (unpaired) electrons. The molecule has 0 aliphatic rings. The maximum absolute atomic E-state index is 12.0. The lowest BCUT2D eigenvalue weighted by atomic mass is 10.2. The Morgan fingerprint density at radius 3 is 2.55 bits per heavy atom. The maximum atomic E-state index is 12.0. The van der Waals surface area contributed by atoms with E-state index in [-0.39, 0.29) is 10.6 Å². The second-order valence-corrected chi connectivity index (χ2v) is 8.94. The third-order valence-electron chi connectivity index (χ3n) is 4.13. The normalized spacial score (nSPS) is 11.2. The number of hydrogen-bond donors (Lipinski definition) is 2. The molecular weight excluding hydrogens is 440 g/mol. The van der Waals surface area contributed by atoms with Crippen molar-refractivity contribution < 1.29 is 22.7 Å². The van der Waals surface area contributed by atoms with Crippen LogP contribution in [0.1, 0.15) is 5.56 Å². The largest absolute Gasteiger partial charge is 0.455 e. The van der Waals surface area contributed by atoms with Gasteiger partial charge < -0.3 is 10.1 Å². The molecule has 3 rings (SSSR count). The number of nitrogens with one attached hydrogen (secondary N) is 1. The van der Waals surface area contributed by atoms with Crippen LogP contribution in [0.4, 0.5) is 5.69 Å². The molecule has 0 saturated heterocycles. The minimum atomic E-state index is -3.81. The Labute approximate surface area is 183 Å². The Bertz CT molecular complexity index is 1190. The van der Waals surface area contributed by atoms with Crippen molar-refractivity contribution in [3.63, 3.8) is 0 Å². The number of anilines is 1. The molecule has 1 amide bonds. The number of amides is 1. The van der Waals surface area contributed by atoms with Gasteiger partial charge in [0.25, 0.3) is 5.91 Å². The van der Waals surface area contributed by atoms with Crippen LogP contribution in [0.15, 0.2) is 71.0 Å². The molecule has 31 heavy (non-hydrogen) atoms. The van der Waals surface area contributed by atoms with Crippen LogP contribution in [0.25, 0.3) is 5.69 Å². The third kappa shape index (κ3) is 6.17. The molecule has 0 unspecified atom stereocenters. The van der Waals surface area contributed by atoms with Crippen molar-refractivity contribution in [2.45, 2.75) is 17.0 Å². The molecule has 0 fully saturated rings. The van der Waals surface area contributed by atoms with E-state index in [1.165, 1.54) is 36.0 Å². The number of aromatic nitrogens is 2. The van der Waals surface area contributed by atoms with E-state index in [2.05, 4.69) is 10.3 Å². The van der Waals surface area contributed by atoms with Crippen LogP contribution < -0.4 is 10.5 Å². The summed E-state index contributed by atoms with van der Waals surface area (Å²) < 4.78 is 29.3. The summed E-state index contributed by atoms with van der Waals surface area (Å²) in [6.07, 6.45) is 3.46. The molecule has 2 aromatic carbocycles. The number of nitrogens with zero attached hydrogens (tertiary/aromatic N) is 2. The fraction of sp³-hybridized carbons (Fsp3) is 0.150. The topological polar surface area (TPSA) is 133 Å². The van der Waals surface area contributed by atoms with E-state index >= 15 is 0 Å². The van der Waals surface area contributed by atoms with Crippen molar-refractivity contribution in [2.75, 3.05) is 17.7 Å². The van der Waals surface area contributed by atoms with Crippen molar-refractivity contribution in [3.05, 3.63) is 66.5 Å². The summed E-state index contributed by atoms with van der Waals surface area (Å²) in [6.45, 7) is 1.52. The Balaban J connectivity index is 1.48. The van der Waals surface area contributed by atoms with Crippen molar-refractivity contribution >= 4 is 39.3 Å². The Morgan fingerprint density at radius 2 is 1.87 bits per heavy atom. The summed E-state index contributed by atoms with van der Waals surface area (Å²) in [7, 11) is -3.81. The summed E-state index contributed by atoms with van der Waals surface area (Å²) in [6, 6.07) is 13.1. The van der Waals surface area contributed by atoms with Crippen LogP contribution in [-0.4, -0.2) is 42.2 Å². The molecule has 0 bridgehead atoms. The van der Waals surface area contributed by atoms with Gasteiger partial charge in [0, 0.05) is 18.1 Å². The van der Waals surface area contributed by atoms with Crippen LogP contribution in [0.2, 0.25) is 0 Å². The van der Waals surface area contributed by atoms with Gasteiger partial charge >= 0.3 is 5.97 Å². The van der Waals surface area contributed by atoms with Crippen LogP contribution in [0.3, 0.4) is 0 Å². The van der Waals surface area contributed by atoms with E-state index in [0.29, 0.717) is 10.8 Å². The molecule has 162 valence electrons. The van der Waals surface area contributed by atoms with Gasteiger partial charge in [0.15, 0.2) is 11.8 Å². The van der Waals surface area contributed by atoms with E-state index in [1.54, 1.807) is 6.20 Å². The molecule has 11 heteroatoms. The van der Waals surface area contributed by atoms with Gasteiger partial charge in [-0.25, -0.2) is 18.5 Å². The summed E-state index contributed by atoms with van der Waals surface area (Å²) in [5, 5.41) is 8.16. The third-order valence-corrected chi connectivity index (χ3v) is 6.00. The SMILES string of the molecule is Cc1ccccc1-n1ccnc1SCC(=O)OCC(=O)Nc1ccc(S(N)(=O)=O)cc1. The number of imidazole rings is 1. The lowest BCUT2D eigenvalue weighted by Gasteiger charge is -2.10. The van der Waals surface area contributed by atoms with E-state index in [1.807, 2.05) is 42.0 Å². The molecule has 3 aromatic rings. The summed E-state index contributed by atoms with van der Waals surface area (Å²) in [5.74, 6) is -1.13. The number of para-hydroxylation sites is 1. The highest BCUT2D eigenvalue weighted by Gasteiger charge is 2.13. The predicted molar refractivity (Wildman–Crippen MR) is 116 cm³/mol. The first-order valence-electron chi connectivity index (χ1n) is 9.04. The van der Waals surface area contributed by atoms with Gasteiger partial charge in [0.05, 0.1) is 16.3 Å². The Hall–Kier alpha value is -3.15. The highest BCUT2D eigenvalue weighted by Crippen LogP contribution is 2.22. The van der Waals surface area contributed by atoms with Gasteiger partial charge in [0.2, 0.25) is 10.0 Å². The molecule has 0 atom stereocenters. The number of carbonyl (C=O) groups excluding carboxylic acids is 2. The van der Waals surface area contributed by atoms with Gasteiger partial charge in [-0.1, -0.05) is 30.0 Å². The van der Waals surface area contributed by atoms with Crippen molar-refractivity contribution in [3.8, 4) is 5.69 Å². The zero-order valence-corrected chi connectivity index (χ0v) is 18.2. The second kappa shape index (κ2) is 9.77. The van der Waals surface area contributed by atoms with Crippen LogP contribution in [0, 0.1) is 6.92 Å². The van der Waals surface area contributed by atoms with Crippen LogP contribution in [0.5, 0.6) is 0 Å². The number of benzene rings is 2. The number of esters is 1. The molecule has 9 nitrogen and oxygen atoms in total. The average molecular weight is 461 g/mol. The molecule has 0 aliphatic heterocycles. The monoisotopic (exact) mass is 460 g/mol. The first-order chi connectivity index (χ1) is 14.7. The Morgan fingerprint density at radius 1 is 1.16 bits per heavy atom. The number of thioether (sulfide) groups is 1. The van der Waals surface area contributed by atoms with E-state index in [4.69, 9.17) is 9.88 Å². The fourth-order valence-corrected chi connectivity index (χ4v) is 3.93. The van der Waals surface area contributed by atoms with Crippen molar-refractivity contribution in [2.24, 2.45) is 5.14 Å². The number of aryl methyl sites for hydroxylation is 1. The standard InChI is InChI=1S/C20H20N4O5S2/c1-14-4-2-3-5-17(14)24-11-10-22-20(24)30-13-19(26)29-12-18(25)23-15-6-8-16(9-7-15)31(21,27)28/h2-11H,12-13H2,1H3,(H,23,25)(H2,21,27,28). The van der Waals surface area contributed by atoms with Gasteiger partial charge in [-0.05, 0) is 42.8 Å². The zero-order valence-electron chi connectivity index (χ0n) is 16.5. The van der Waals surface area contributed by atoms with Crippen LogP contribution in [-0.2, 0) is 24.3 Å². The number of hydrogen-bond acceptors (Lipinski definition) is 7. The number of carbonyl (C=O) groups is 2. The van der Waals surface area contributed by atoms with Gasteiger partial charge in [-0.2, -0.15) is 0 Å². The van der Waals surface area contributed by atoms with Gasteiger partial charge in [0.1, 0.15) is 0 Å². The van der Waals surface area contributed by atoms with Crippen molar-refractivity contribution in [1.82, 2.24) is 9.55 Å². The maximum Gasteiger partial charge on any atom is 0.316 e. The second-order valence-electron chi connectivity index (χ2n) is 6.43. The first-order valence-corrected chi connectivity index (χ1v) is 11.6. The molecule has 3 N–H and O–H groups in total. The minimum absolute atomic E-state index is 0.0147. The lowest BCUT2D eigenvalue weighted by Crippen LogP contribution is -2.21. The lowest BCUT2D eigenvalue weighted by molar-refractivity contribution is -0.144. The van der Waals surface area contributed by atoms with Crippen LogP contribution >= 0.6 is 11.8 Å². The first kappa shape index (κ1) is 22.5. The highest BCUT2D eigenvalue weighted by molar-refractivity contribution is 7.99. The quantitative estimate of drug-likeness (QED) is 0.388. The smallest absolute Gasteiger partial charge is 0.316 e. The minimum Gasteiger partial charge on any atom is -0.455 e. The number of primary sulfonamides is 1. The number of rotatable bonds is 8. The molecule has 1 aromatic heterocycles. The zero-order chi connectivity index (χ0) is 22.4. The summed E-state index contributed by atoms with van der Waals surface area (Å²) in [5.41, 5.74) is 2.38. The summed E-state index contributed by atoms with van der Waals surface area (Å²) >= 11 is 1.20. The summed E-state index contributed by atoms with van der Waals surface area (Å²) in [4.78, 5) is 28.2. The predicted octanol–water partition coefficient (Wildman–Crippen LogP) is 2.10. The molecular formula is C20H20N4O5S2. The van der Waals surface area contributed by atoms with E-state index in [9.17, 15) is 18.0 Å². The van der Waals surface area contributed by atoms with Crippen molar-refractivity contribution in [1.29, 1.82) is 0 Å². The highest BCUT2D eigenvalue weighted by atomic mass is 32.2. The Kier molecular flexibility index (Phi) is 7.10. The van der Waals surface area contributed by atoms with Gasteiger partial charge in [-0.15, -0.1) is 0 Å². The van der Waals surface area contributed by atoms with E-state index < -0.39 is 28.5 Å². The number of nitrogens with two attached hydrogens (primary N) is 1. The fourth-order valence-electron chi connectivity index (χ4n) is 2.65. The number of ether oxygens (including phenoxy) is 1. The average Bonchev–Trinajstić information content (AvgIpc) is 3.19.